The first-order chi connectivity index (χ1) is 17.8. The van der Waals surface area contributed by atoms with Gasteiger partial charge in [-0.15, -0.1) is 0 Å². The van der Waals surface area contributed by atoms with Crippen molar-refractivity contribution in [3.8, 4) is 0 Å². The maximum Gasteiger partial charge on any atom is 0.338 e. The van der Waals surface area contributed by atoms with E-state index in [1.165, 1.54) is 7.11 Å². The molecule has 0 aliphatic heterocycles. The quantitative estimate of drug-likeness (QED) is 0.317. The van der Waals surface area contributed by atoms with Gasteiger partial charge in [-0.25, -0.2) is 9.78 Å². The van der Waals surface area contributed by atoms with Crippen molar-refractivity contribution in [3.63, 3.8) is 0 Å². The number of carbonyl (C=O) groups excluding carboxylic acids is 1. The Morgan fingerprint density at radius 2 is 1.46 bits per heavy atom. The topological polar surface area (TPSA) is 114 Å². The van der Waals surface area contributed by atoms with Crippen LogP contribution in [0.2, 0.25) is 0 Å². The van der Waals surface area contributed by atoms with E-state index >= 15 is 0 Å². The molecular weight excluding hydrogens is 468 g/mol. The molecule has 0 bridgehead atoms. The molecule has 37 heavy (non-hydrogen) atoms. The van der Waals surface area contributed by atoms with Gasteiger partial charge in [0.15, 0.2) is 0 Å². The molecule has 0 fully saturated rings. The molecule has 0 amide bonds. The van der Waals surface area contributed by atoms with Gasteiger partial charge in [0.25, 0.3) is 0 Å². The maximum atomic E-state index is 12.3. The number of methoxy groups -OCH3 is 1. The normalized spacial score (nSPS) is 10.7. The summed E-state index contributed by atoms with van der Waals surface area (Å²) in [5.74, 6) is 0.00900. The molecule has 1 aromatic heterocycles. The summed E-state index contributed by atoms with van der Waals surface area (Å²) in [6.45, 7) is 4.04. The number of carboxylic acids is 1. The van der Waals surface area contributed by atoms with Crippen molar-refractivity contribution in [2.75, 3.05) is 12.4 Å². The minimum Gasteiger partial charge on any atom is -0.481 e. The number of ether oxygens (including phenoxy) is 1. The zero-order valence-electron chi connectivity index (χ0n) is 21.0. The van der Waals surface area contributed by atoms with Crippen molar-refractivity contribution in [3.05, 3.63) is 112 Å². The van der Waals surface area contributed by atoms with E-state index in [1.807, 2.05) is 56.3 Å². The van der Waals surface area contributed by atoms with Gasteiger partial charge in [-0.05, 0) is 48.2 Å². The molecule has 8 nitrogen and oxygen atoms in total. The van der Waals surface area contributed by atoms with Crippen LogP contribution in [0, 0.1) is 13.8 Å². The minimum atomic E-state index is -0.902. The van der Waals surface area contributed by atoms with Crippen molar-refractivity contribution in [1.29, 1.82) is 0 Å². The van der Waals surface area contributed by atoms with Gasteiger partial charge in [0.2, 0.25) is 5.95 Å². The number of aliphatic carboxylic acids is 1. The summed E-state index contributed by atoms with van der Waals surface area (Å²) in [6, 6.07) is 20.6. The number of carbonyl (C=O) groups is 2. The molecule has 0 aliphatic carbocycles. The zero-order chi connectivity index (χ0) is 26.4. The molecule has 2 N–H and O–H groups in total. The van der Waals surface area contributed by atoms with Gasteiger partial charge in [-0.2, -0.15) is 9.97 Å². The Hall–Kier alpha value is -4.59. The second-order valence-corrected chi connectivity index (χ2v) is 8.78. The Bertz CT molecular complexity index is 1450. The number of aryl methyl sites for hydroxylation is 2. The summed E-state index contributed by atoms with van der Waals surface area (Å²) >= 11 is 0. The lowest BCUT2D eigenvalue weighted by molar-refractivity contribution is -0.136. The van der Waals surface area contributed by atoms with Crippen molar-refractivity contribution >= 4 is 23.6 Å². The summed E-state index contributed by atoms with van der Waals surface area (Å²) < 4.78 is 4.94. The van der Waals surface area contributed by atoms with Crippen LogP contribution in [0.5, 0.6) is 0 Å². The fourth-order valence-electron chi connectivity index (χ4n) is 4.15. The van der Waals surface area contributed by atoms with E-state index in [9.17, 15) is 14.7 Å². The van der Waals surface area contributed by atoms with Gasteiger partial charge in [-0.1, -0.05) is 60.2 Å². The average Bonchev–Trinajstić information content (AvgIpc) is 2.86. The van der Waals surface area contributed by atoms with E-state index in [4.69, 9.17) is 4.74 Å². The predicted octanol–water partition coefficient (Wildman–Crippen LogP) is 4.83. The maximum absolute atomic E-state index is 12.3. The van der Waals surface area contributed by atoms with Crippen LogP contribution in [0.1, 0.15) is 49.8 Å². The molecule has 3 aromatic carbocycles. The largest absolute Gasteiger partial charge is 0.481 e. The highest BCUT2D eigenvalue weighted by molar-refractivity contribution is 5.91. The lowest BCUT2D eigenvalue weighted by atomic mass is 10.0. The third-order valence-corrected chi connectivity index (χ3v) is 5.94. The highest BCUT2D eigenvalue weighted by Crippen LogP contribution is 2.22. The first-order valence-corrected chi connectivity index (χ1v) is 11.8. The second kappa shape index (κ2) is 11.4. The van der Waals surface area contributed by atoms with Crippen LogP contribution in [0.25, 0.3) is 0 Å². The molecule has 4 rings (SSSR count). The lowest BCUT2D eigenvalue weighted by Gasteiger charge is -2.13. The Morgan fingerprint density at radius 1 is 0.838 bits per heavy atom. The van der Waals surface area contributed by atoms with Gasteiger partial charge in [0, 0.05) is 18.5 Å². The zero-order valence-corrected chi connectivity index (χ0v) is 21.0. The van der Waals surface area contributed by atoms with Gasteiger partial charge in [0.05, 0.1) is 19.1 Å². The van der Waals surface area contributed by atoms with E-state index in [-0.39, 0.29) is 6.42 Å². The van der Waals surface area contributed by atoms with Crippen LogP contribution in [0.15, 0.2) is 66.7 Å². The molecule has 4 aromatic rings. The van der Waals surface area contributed by atoms with E-state index in [1.54, 1.807) is 18.2 Å². The molecular formula is C29H28N4O4. The number of nitrogens with one attached hydrogen (secondary N) is 1. The number of carboxylic acid groups (broad SMARTS) is 1. The van der Waals surface area contributed by atoms with E-state index in [0.717, 1.165) is 27.9 Å². The van der Waals surface area contributed by atoms with Gasteiger partial charge in [-0.3, -0.25) is 4.79 Å². The first-order valence-electron chi connectivity index (χ1n) is 11.8. The average molecular weight is 497 g/mol. The number of benzene rings is 3. The van der Waals surface area contributed by atoms with Crippen LogP contribution in [0.4, 0.5) is 11.6 Å². The van der Waals surface area contributed by atoms with E-state index in [0.29, 0.717) is 41.6 Å². The minimum absolute atomic E-state index is 0.0890. The number of aromatic nitrogens is 3. The molecule has 0 spiro atoms. The van der Waals surface area contributed by atoms with Crippen molar-refractivity contribution in [1.82, 2.24) is 15.0 Å². The summed E-state index contributed by atoms with van der Waals surface area (Å²) in [4.78, 5) is 37.6. The third-order valence-electron chi connectivity index (χ3n) is 5.94. The fourth-order valence-corrected chi connectivity index (χ4v) is 4.15. The highest BCUT2D eigenvalue weighted by atomic mass is 16.5. The molecule has 0 saturated carbocycles. The molecule has 0 atom stereocenters. The molecule has 0 saturated heterocycles. The van der Waals surface area contributed by atoms with Gasteiger partial charge >= 0.3 is 11.9 Å². The smallest absolute Gasteiger partial charge is 0.338 e. The number of esters is 1. The van der Waals surface area contributed by atoms with Crippen molar-refractivity contribution in [2.24, 2.45) is 0 Å². The lowest BCUT2D eigenvalue weighted by Crippen LogP contribution is -2.12. The Kier molecular flexibility index (Phi) is 7.88. The second-order valence-electron chi connectivity index (χ2n) is 8.78. The molecule has 1 heterocycles. The molecule has 188 valence electrons. The van der Waals surface area contributed by atoms with Crippen molar-refractivity contribution < 1.29 is 19.4 Å². The standard InChI is InChI=1S/C29H28N4O4/c1-18-12-13-24(19(2)14-18)30-29-32-25(15-20-8-4-5-9-21(20)17-27(34)35)31-26(33-29)16-22-10-6-7-11-23(22)28(36)37-3/h4-14H,15-17H2,1-3H3,(H,34,35)(H,30,31,32,33). The fraction of sp³-hybridized carbons (Fsp3) is 0.207. The van der Waals surface area contributed by atoms with E-state index in [2.05, 4.69) is 26.3 Å². The summed E-state index contributed by atoms with van der Waals surface area (Å²) in [7, 11) is 1.35. The van der Waals surface area contributed by atoms with Crippen LogP contribution in [0.3, 0.4) is 0 Å². The number of anilines is 2. The number of hydrogen-bond acceptors (Lipinski definition) is 7. The number of hydrogen-bond donors (Lipinski definition) is 2. The van der Waals surface area contributed by atoms with Gasteiger partial charge in [0.1, 0.15) is 11.6 Å². The van der Waals surface area contributed by atoms with Crippen LogP contribution < -0.4 is 5.32 Å². The highest BCUT2D eigenvalue weighted by Gasteiger charge is 2.16. The first kappa shape index (κ1) is 25.5. The van der Waals surface area contributed by atoms with Crippen LogP contribution in [-0.4, -0.2) is 39.1 Å². The molecule has 0 aliphatic rings. The Morgan fingerprint density at radius 3 is 2.11 bits per heavy atom. The number of nitrogens with zero attached hydrogens (tertiary/aromatic N) is 3. The SMILES string of the molecule is COC(=O)c1ccccc1Cc1nc(Cc2ccccc2CC(=O)O)nc(Nc2ccc(C)cc2C)n1. The van der Waals surface area contributed by atoms with Crippen LogP contribution in [-0.2, 0) is 28.8 Å². The Balaban J connectivity index is 1.74. The molecule has 0 radical (unpaired) electrons. The molecule has 8 heteroatoms. The molecule has 0 unspecified atom stereocenters. The third kappa shape index (κ3) is 6.55. The summed E-state index contributed by atoms with van der Waals surface area (Å²) in [6.07, 6.45) is 0.534. The van der Waals surface area contributed by atoms with Crippen molar-refractivity contribution in [2.45, 2.75) is 33.1 Å². The summed E-state index contributed by atoms with van der Waals surface area (Å²) in [5, 5.41) is 12.6. The monoisotopic (exact) mass is 496 g/mol. The Labute approximate surface area is 215 Å². The number of rotatable bonds is 9. The van der Waals surface area contributed by atoms with Crippen LogP contribution >= 0.6 is 0 Å². The van der Waals surface area contributed by atoms with Gasteiger partial charge < -0.3 is 15.2 Å². The predicted molar refractivity (Wildman–Crippen MR) is 140 cm³/mol. The van der Waals surface area contributed by atoms with E-state index < -0.39 is 11.9 Å². The summed E-state index contributed by atoms with van der Waals surface area (Å²) in [5.41, 5.74) is 5.78.